The Kier molecular flexibility index (Phi) is 3.06. The zero-order valence-electron chi connectivity index (χ0n) is 10.2. The van der Waals surface area contributed by atoms with Gasteiger partial charge in [0.25, 0.3) is 0 Å². The molecule has 0 saturated heterocycles. The van der Waals surface area contributed by atoms with E-state index in [1.807, 2.05) is 26.1 Å². The van der Waals surface area contributed by atoms with E-state index >= 15 is 0 Å². The monoisotopic (exact) mass is 220 g/mol. The van der Waals surface area contributed by atoms with Crippen LogP contribution < -0.4 is 10.2 Å². The molecule has 3 heteroatoms. The molecule has 1 saturated carbocycles. The van der Waals surface area contributed by atoms with Gasteiger partial charge in [-0.3, -0.25) is 0 Å². The van der Waals surface area contributed by atoms with Gasteiger partial charge in [0.05, 0.1) is 0 Å². The molecule has 1 aromatic carbocycles. The molecule has 0 aliphatic heterocycles. The Morgan fingerprint density at radius 3 is 2.62 bits per heavy atom. The van der Waals surface area contributed by atoms with E-state index in [0.29, 0.717) is 11.8 Å². The lowest BCUT2D eigenvalue weighted by Crippen LogP contribution is -2.19. The minimum atomic E-state index is 0.181. The van der Waals surface area contributed by atoms with Gasteiger partial charge in [0.15, 0.2) is 0 Å². The Morgan fingerprint density at radius 1 is 1.44 bits per heavy atom. The Bertz CT molecular complexity index is 374. The molecular formula is C13H20N2O. The lowest BCUT2D eigenvalue weighted by Gasteiger charge is -2.20. The molecule has 2 rings (SSSR count). The number of rotatable bonds is 4. The van der Waals surface area contributed by atoms with Crippen molar-refractivity contribution in [3.05, 3.63) is 23.8 Å². The van der Waals surface area contributed by atoms with E-state index in [2.05, 4.69) is 23.3 Å². The molecule has 1 fully saturated rings. The van der Waals surface area contributed by atoms with E-state index in [9.17, 15) is 5.11 Å². The second-order valence-electron chi connectivity index (χ2n) is 4.60. The number of hydrogen-bond donors (Lipinski definition) is 2. The molecule has 0 spiro atoms. The number of aromatic hydroxyl groups is 1. The van der Waals surface area contributed by atoms with Gasteiger partial charge in [-0.1, -0.05) is 6.07 Å². The Balaban J connectivity index is 2.21. The summed E-state index contributed by atoms with van der Waals surface area (Å²) in [5.74, 6) is 0.381. The van der Waals surface area contributed by atoms with Gasteiger partial charge in [-0.05, 0) is 32.9 Å². The van der Waals surface area contributed by atoms with Gasteiger partial charge in [0.1, 0.15) is 5.75 Å². The molecule has 16 heavy (non-hydrogen) atoms. The van der Waals surface area contributed by atoms with Crippen molar-refractivity contribution < 1.29 is 5.11 Å². The first-order chi connectivity index (χ1) is 7.63. The van der Waals surface area contributed by atoms with Gasteiger partial charge in [0.2, 0.25) is 0 Å². The minimum Gasteiger partial charge on any atom is -0.508 e. The average Bonchev–Trinajstić information content (AvgIpc) is 3.10. The van der Waals surface area contributed by atoms with Gasteiger partial charge in [-0.25, -0.2) is 0 Å². The molecule has 0 radical (unpaired) electrons. The van der Waals surface area contributed by atoms with Crippen LogP contribution in [0.1, 0.15) is 31.4 Å². The van der Waals surface area contributed by atoms with Crippen molar-refractivity contribution in [3.8, 4) is 5.75 Å². The largest absolute Gasteiger partial charge is 0.508 e. The molecule has 1 atom stereocenters. The summed E-state index contributed by atoms with van der Waals surface area (Å²) in [5, 5.41) is 13.1. The number of hydrogen-bond acceptors (Lipinski definition) is 3. The Hall–Kier alpha value is -1.22. The standard InChI is InChI=1S/C13H20N2O/c1-9(14-2)12-7-6-11(8-13(12)16)15(3)10-4-5-10/h6-10,14,16H,4-5H2,1-3H3. The second-order valence-corrected chi connectivity index (χ2v) is 4.60. The van der Waals surface area contributed by atoms with Crippen molar-refractivity contribution in [1.29, 1.82) is 0 Å². The second kappa shape index (κ2) is 4.34. The maximum absolute atomic E-state index is 9.98. The van der Waals surface area contributed by atoms with Crippen LogP contribution in [0.15, 0.2) is 18.2 Å². The summed E-state index contributed by atoms with van der Waals surface area (Å²) < 4.78 is 0. The third-order valence-corrected chi connectivity index (χ3v) is 3.42. The van der Waals surface area contributed by atoms with Crippen molar-refractivity contribution >= 4 is 5.69 Å². The maximum Gasteiger partial charge on any atom is 0.122 e. The lowest BCUT2D eigenvalue weighted by atomic mass is 10.1. The SMILES string of the molecule is CNC(C)c1ccc(N(C)C2CC2)cc1O. The first-order valence-electron chi connectivity index (χ1n) is 5.86. The summed E-state index contributed by atoms with van der Waals surface area (Å²) in [6, 6.07) is 6.81. The van der Waals surface area contributed by atoms with Crippen LogP contribution in [0.25, 0.3) is 0 Å². The first kappa shape index (κ1) is 11.3. The van der Waals surface area contributed by atoms with Crippen LogP contribution in [0.4, 0.5) is 5.69 Å². The molecule has 0 heterocycles. The highest BCUT2D eigenvalue weighted by atomic mass is 16.3. The van der Waals surface area contributed by atoms with Crippen LogP contribution >= 0.6 is 0 Å². The predicted molar refractivity (Wildman–Crippen MR) is 67.0 cm³/mol. The summed E-state index contributed by atoms with van der Waals surface area (Å²) >= 11 is 0. The highest BCUT2D eigenvalue weighted by molar-refractivity contribution is 5.54. The van der Waals surface area contributed by atoms with Crippen LogP contribution in [0.5, 0.6) is 5.75 Å². The third-order valence-electron chi connectivity index (χ3n) is 3.42. The molecule has 1 unspecified atom stereocenters. The lowest BCUT2D eigenvalue weighted by molar-refractivity contribution is 0.458. The normalized spacial score (nSPS) is 17.2. The van der Waals surface area contributed by atoms with E-state index in [1.54, 1.807) is 0 Å². The van der Waals surface area contributed by atoms with E-state index < -0.39 is 0 Å². The van der Waals surface area contributed by atoms with E-state index in [1.165, 1.54) is 12.8 Å². The number of nitrogens with zero attached hydrogens (tertiary/aromatic N) is 1. The Labute approximate surface area is 97.1 Å². The summed E-state index contributed by atoms with van der Waals surface area (Å²) in [7, 11) is 3.99. The summed E-state index contributed by atoms with van der Waals surface area (Å²) in [4.78, 5) is 2.24. The fourth-order valence-corrected chi connectivity index (χ4v) is 1.95. The zero-order chi connectivity index (χ0) is 11.7. The number of benzene rings is 1. The molecular weight excluding hydrogens is 200 g/mol. The molecule has 1 aliphatic carbocycles. The number of phenols is 1. The van der Waals surface area contributed by atoms with Crippen molar-refractivity contribution in [2.45, 2.75) is 31.8 Å². The summed E-state index contributed by atoms with van der Waals surface area (Å²) in [6.07, 6.45) is 2.54. The molecule has 1 aromatic rings. The zero-order valence-corrected chi connectivity index (χ0v) is 10.2. The van der Waals surface area contributed by atoms with Crippen LogP contribution in [0.3, 0.4) is 0 Å². The maximum atomic E-state index is 9.98. The van der Waals surface area contributed by atoms with E-state index in [-0.39, 0.29) is 6.04 Å². The third kappa shape index (κ3) is 2.14. The predicted octanol–water partition coefficient (Wildman–Crippen LogP) is 2.27. The van der Waals surface area contributed by atoms with Crippen molar-refractivity contribution in [3.63, 3.8) is 0 Å². The molecule has 0 amide bonds. The number of anilines is 1. The topological polar surface area (TPSA) is 35.5 Å². The average molecular weight is 220 g/mol. The van der Waals surface area contributed by atoms with Gasteiger partial charge in [-0.2, -0.15) is 0 Å². The summed E-state index contributed by atoms with van der Waals surface area (Å²) in [6.45, 7) is 2.04. The van der Waals surface area contributed by atoms with Gasteiger partial charge >= 0.3 is 0 Å². The van der Waals surface area contributed by atoms with E-state index in [0.717, 1.165) is 11.3 Å². The molecule has 3 nitrogen and oxygen atoms in total. The first-order valence-corrected chi connectivity index (χ1v) is 5.86. The fraction of sp³-hybridized carbons (Fsp3) is 0.538. The summed E-state index contributed by atoms with van der Waals surface area (Å²) in [5.41, 5.74) is 2.06. The van der Waals surface area contributed by atoms with Crippen LogP contribution in [0.2, 0.25) is 0 Å². The molecule has 88 valence electrons. The molecule has 0 bridgehead atoms. The highest BCUT2D eigenvalue weighted by Gasteiger charge is 2.26. The van der Waals surface area contributed by atoms with Crippen molar-refractivity contribution in [2.24, 2.45) is 0 Å². The van der Waals surface area contributed by atoms with Crippen molar-refractivity contribution in [2.75, 3.05) is 19.0 Å². The van der Waals surface area contributed by atoms with Crippen LogP contribution in [-0.2, 0) is 0 Å². The number of nitrogens with one attached hydrogen (secondary N) is 1. The number of phenolic OH excluding ortho intramolecular Hbond substituents is 1. The quantitative estimate of drug-likeness (QED) is 0.817. The smallest absolute Gasteiger partial charge is 0.122 e. The van der Waals surface area contributed by atoms with Crippen molar-refractivity contribution in [1.82, 2.24) is 5.32 Å². The Morgan fingerprint density at radius 2 is 2.12 bits per heavy atom. The molecule has 2 N–H and O–H groups in total. The van der Waals surface area contributed by atoms with Gasteiger partial charge in [0, 0.05) is 36.4 Å². The highest BCUT2D eigenvalue weighted by Crippen LogP contribution is 2.34. The van der Waals surface area contributed by atoms with Crippen LogP contribution in [-0.4, -0.2) is 25.2 Å². The van der Waals surface area contributed by atoms with Gasteiger partial charge in [-0.15, -0.1) is 0 Å². The van der Waals surface area contributed by atoms with Gasteiger partial charge < -0.3 is 15.3 Å². The van der Waals surface area contributed by atoms with E-state index in [4.69, 9.17) is 0 Å². The molecule has 0 aromatic heterocycles. The fourth-order valence-electron chi connectivity index (χ4n) is 1.95. The molecule has 1 aliphatic rings. The van der Waals surface area contributed by atoms with Crippen LogP contribution in [0, 0.1) is 0 Å². The minimum absolute atomic E-state index is 0.181.